The van der Waals surface area contributed by atoms with E-state index in [0.717, 1.165) is 0 Å². The number of aliphatic carboxylic acids is 2. The third-order valence-corrected chi connectivity index (χ3v) is 3.69. The molecule has 0 radical (unpaired) electrons. The molecule has 9 nitrogen and oxygen atoms in total. The largest absolute Gasteiger partial charge is 0.481 e. The Labute approximate surface area is 147 Å². The van der Waals surface area contributed by atoms with E-state index in [1.807, 2.05) is 0 Å². The van der Waals surface area contributed by atoms with Gasteiger partial charge in [-0.2, -0.15) is 0 Å². The molecule has 0 aromatic rings. The summed E-state index contributed by atoms with van der Waals surface area (Å²) in [6.07, 6.45) is 2.03. The quantitative estimate of drug-likeness (QED) is 0.324. The van der Waals surface area contributed by atoms with Gasteiger partial charge in [-0.05, 0) is 39.5 Å². The fourth-order valence-electron chi connectivity index (χ4n) is 2.43. The van der Waals surface area contributed by atoms with E-state index in [1.54, 1.807) is 13.8 Å². The average molecular weight is 366 g/mol. The van der Waals surface area contributed by atoms with Gasteiger partial charge in [0.15, 0.2) is 0 Å². The van der Waals surface area contributed by atoms with Crippen LogP contribution in [0.2, 0.25) is 0 Å². The van der Waals surface area contributed by atoms with Crippen molar-refractivity contribution < 1.29 is 44.2 Å². The second kappa shape index (κ2) is 13.0. The Morgan fingerprint density at radius 2 is 1.36 bits per heavy atom. The fraction of sp³-hybridized carbons (Fsp3) is 0.875. The first-order chi connectivity index (χ1) is 11.8. The molecule has 0 bridgehead atoms. The van der Waals surface area contributed by atoms with Crippen molar-refractivity contribution in [1.29, 1.82) is 0 Å². The number of carboxylic acid groups (broad SMARTS) is 2. The van der Waals surface area contributed by atoms with Gasteiger partial charge in [0.2, 0.25) is 0 Å². The molecule has 0 saturated heterocycles. The summed E-state index contributed by atoms with van der Waals surface area (Å²) in [5, 5.41) is 35.3. The zero-order valence-corrected chi connectivity index (χ0v) is 14.8. The Kier molecular flexibility index (Phi) is 12.4. The van der Waals surface area contributed by atoms with Crippen molar-refractivity contribution in [2.45, 2.75) is 45.5 Å². The Hall–Kier alpha value is -1.26. The first-order valence-electron chi connectivity index (χ1n) is 8.44. The minimum atomic E-state index is -1.68. The number of hydrogen-bond donors (Lipinski definition) is 4. The molecular weight excluding hydrogens is 336 g/mol. The summed E-state index contributed by atoms with van der Waals surface area (Å²) in [5.41, 5.74) is 0. The van der Waals surface area contributed by atoms with Gasteiger partial charge < -0.3 is 34.6 Å². The predicted molar refractivity (Wildman–Crippen MR) is 86.8 cm³/mol. The zero-order chi connectivity index (χ0) is 19.3. The van der Waals surface area contributed by atoms with Crippen LogP contribution in [0.3, 0.4) is 0 Å². The lowest BCUT2D eigenvalue weighted by molar-refractivity contribution is -0.373. The third kappa shape index (κ3) is 10.4. The number of carboxylic acids is 2. The molecule has 0 amide bonds. The van der Waals surface area contributed by atoms with Crippen molar-refractivity contribution in [2.75, 3.05) is 33.0 Å². The number of aliphatic hydroxyl groups is 2. The maximum absolute atomic E-state index is 10.5. The molecule has 1 rings (SSSR count). The lowest BCUT2D eigenvalue weighted by Gasteiger charge is -2.26. The van der Waals surface area contributed by atoms with Gasteiger partial charge in [0.05, 0.1) is 25.0 Å². The molecule has 0 atom stereocenters. The molecule has 9 heteroatoms. The summed E-state index contributed by atoms with van der Waals surface area (Å²) in [4.78, 5) is 21.0. The van der Waals surface area contributed by atoms with Gasteiger partial charge in [0, 0.05) is 13.2 Å². The number of hydrogen-bond acceptors (Lipinski definition) is 7. The van der Waals surface area contributed by atoms with Crippen LogP contribution < -0.4 is 0 Å². The molecule has 25 heavy (non-hydrogen) atoms. The summed E-state index contributed by atoms with van der Waals surface area (Å²) in [6, 6.07) is 0. The number of rotatable bonds is 10. The van der Waals surface area contributed by atoms with Crippen LogP contribution in [0.4, 0.5) is 0 Å². The second-order valence-electron chi connectivity index (χ2n) is 5.58. The van der Waals surface area contributed by atoms with Crippen LogP contribution in [0.1, 0.15) is 39.5 Å². The molecule has 1 saturated carbocycles. The van der Waals surface area contributed by atoms with Crippen molar-refractivity contribution in [3.63, 3.8) is 0 Å². The molecule has 0 spiro atoms. The van der Waals surface area contributed by atoms with E-state index in [-0.39, 0.29) is 31.7 Å². The van der Waals surface area contributed by atoms with Crippen LogP contribution in [0.25, 0.3) is 0 Å². The topological polar surface area (TPSA) is 143 Å². The smallest absolute Gasteiger partial charge is 0.306 e. The summed E-state index contributed by atoms with van der Waals surface area (Å²) < 4.78 is 14.8. The highest BCUT2D eigenvalue weighted by Crippen LogP contribution is 2.28. The van der Waals surface area contributed by atoms with Crippen LogP contribution in [-0.2, 0) is 23.8 Å². The van der Waals surface area contributed by atoms with Gasteiger partial charge in [-0.3, -0.25) is 9.59 Å². The molecule has 0 heterocycles. The summed E-state index contributed by atoms with van der Waals surface area (Å²) in [5.74, 6) is -3.91. The molecular formula is C16H30O9. The lowest BCUT2D eigenvalue weighted by Crippen LogP contribution is -2.41. The molecule has 4 N–H and O–H groups in total. The summed E-state index contributed by atoms with van der Waals surface area (Å²) in [7, 11) is 0. The highest BCUT2D eigenvalue weighted by atomic mass is 16.8. The van der Waals surface area contributed by atoms with Gasteiger partial charge in [-0.25, -0.2) is 0 Å². The highest BCUT2D eigenvalue weighted by Gasteiger charge is 2.29. The van der Waals surface area contributed by atoms with Gasteiger partial charge in [0.25, 0.3) is 0 Å². The van der Waals surface area contributed by atoms with Crippen LogP contribution in [0.15, 0.2) is 0 Å². The molecule has 0 aliphatic heterocycles. The monoisotopic (exact) mass is 366 g/mol. The maximum atomic E-state index is 10.5. The maximum Gasteiger partial charge on any atom is 0.306 e. The average Bonchev–Trinajstić information content (AvgIpc) is 2.56. The Morgan fingerprint density at radius 3 is 1.64 bits per heavy atom. The minimum Gasteiger partial charge on any atom is -0.481 e. The van der Waals surface area contributed by atoms with E-state index in [2.05, 4.69) is 0 Å². The molecule has 1 aliphatic rings. The van der Waals surface area contributed by atoms with Crippen molar-refractivity contribution in [2.24, 2.45) is 11.8 Å². The van der Waals surface area contributed by atoms with E-state index < -0.39 is 17.9 Å². The molecule has 0 aromatic heterocycles. The van der Waals surface area contributed by atoms with E-state index in [4.69, 9.17) is 29.5 Å². The summed E-state index contributed by atoms with van der Waals surface area (Å²) >= 11 is 0. The summed E-state index contributed by atoms with van der Waals surface area (Å²) in [6.45, 7) is 4.12. The van der Waals surface area contributed by atoms with Crippen molar-refractivity contribution in [3.05, 3.63) is 0 Å². The molecule has 0 unspecified atom stereocenters. The lowest BCUT2D eigenvalue weighted by atomic mass is 9.82. The second-order valence-corrected chi connectivity index (χ2v) is 5.58. The third-order valence-electron chi connectivity index (χ3n) is 3.69. The number of ether oxygens (including phenoxy) is 3. The van der Waals surface area contributed by atoms with Gasteiger partial charge in [-0.15, -0.1) is 0 Å². The molecule has 0 aromatic carbocycles. The van der Waals surface area contributed by atoms with Crippen molar-refractivity contribution in [3.8, 4) is 0 Å². The Balaban J connectivity index is 0.000000462. The van der Waals surface area contributed by atoms with E-state index in [1.165, 1.54) is 0 Å². The fourth-order valence-corrected chi connectivity index (χ4v) is 2.43. The number of carbonyl (C=O) groups is 2. The predicted octanol–water partition coefficient (Wildman–Crippen LogP) is 0.676. The molecule has 148 valence electrons. The Morgan fingerprint density at radius 1 is 0.960 bits per heavy atom. The van der Waals surface area contributed by atoms with E-state index >= 15 is 0 Å². The van der Waals surface area contributed by atoms with Crippen LogP contribution >= 0.6 is 0 Å². The molecule has 1 fully saturated rings. The molecule has 1 aliphatic carbocycles. The van der Waals surface area contributed by atoms with E-state index in [0.29, 0.717) is 38.9 Å². The first-order valence-corrected chi connectivity index (χ1v) is 8.44. The van der Waals surface area contributed by atoms with Crippen molar-refractivity contribution in [1.82, 2.24) is 0 Å². The van der Waals surface area contributed by atoms with Crippen molar-refractivity contribution >= 4 is 11.9 Å². The van der Waals surface area contributed by atoms with Crippen LogP contribution in [-0.4, -0.2) is 71.4 Å². The van der Waals surface area contributed by atoms with Gasteiger partial charge in [-0.1, -0.05) is 0 Å². The normalized spacial score (nSPS) is 20.5. The first kappa shape index (κ1) is 23.7. The number of aliphatic hydroxyl groups excluding tert-OH is 1. The standard InChI is InChI=1S/C8H18O5.C8H12O4/c1-3-12-8(10,13-4-2)7-11-6-5-9;9-7(10)5-1-2-6(4-3-5)8(11)12/h9-10H,3-7H2,1-2H3;5-6H,1-4H2,(H,9,10)(H,11,12). The zero-order valence-electron chi connectivity index (χ0n) is 14.8. The van der Waals surface area contributed by atoms with Crippen LogP contribution in [0, 0.1) is 11.8 Å². The van der Waals surface area contributed by atoms with E-state index in [9.17, 15) is 14.7 Å². The minimum absolute atomic E-state index is 0.0890. The van der Waals surface area contributed by atoms with Crippen LogP contribution in [0.5, 0.6) is 0 Å². The highest BCUT2D eigenvalue weighted by molar-refractivity contribution is 5.72. The SMILES string of the molecule is CCOC(O)(COCCO)OCC.O=C(O)C1CCC(C(=O)O)CC1. The van der Waals surface area contributed by atoms with Gasteiger partial charge >= 0.3 is 17.9 Å². The Bertz CT molecular complexity index is 350. The van der Waals surface area contributed by atoms with Gasteiger partial charge in [0.1, 0.15) is 6.61 Å².